The first-order valence-corrected chi connectivity index (χ1v) is 11.8. The lowest BCUT2D eigenvalue weighted by atomic mass is 10.1. The second-order valence-corrected chi connectivity index (χ2v) is 9.69. The number of aryl methyl sites for hydroxylation is 2. The molecule has 1 atom stereocenters. The molecule has 0 amide bonds. The van der Waals surface area contributed by atoms with Gasteiger partial charge in [0.25, 0.3) is 11.1 Å². The minimum absolute atomic E-state index is 0.200. The second kappa shape index (κ2) is 9.03. The Balaban J connectivity index is 1.91. The molecule has 4 rings (SSSR count). The number of carbonyl (C=O) groups excluding carboxylic acids is 1. The van der Waals surface area contributed by atoms with E-state index in [2.05, 4.69) is 0 Å². The summed E-state index contributed by atoms with van der Waals surface area (Å²) in [6.07, 6.45) is 0. The fourth-order valence-corrected chi connectivity index (χ4v) is 5.03. The second-order valence-electron chi connectivity index (χ2n) is 8.38. The molecule has 0 bridgehead atoms. The number of aromatic nitrogens is 4. The molecule has 0 unspecified atom stereocenters. The summed E-state index contributed by atoms with van der Waals surface area (Å²) in [6, 6.07) is 12.7. The quantitative estimate of drug-likeness (QED) is 0.258. The number of fused-ring (bicyclic) bond motifs is 1. The van der Waals surface area contributed by atoms with Crippen LogP contribution in [0, 0.1) is 13.8 Å². The first kappa shape index (κ1) is 24.2. The molecule has 0 aliphatic carbocycles. The van der Waals surface area contributed by atoms with Gasteiger partial charge in [-0.25, -0.2) is 9.78 Å². The average molecular weight is 492 g/mol. The molecule has 9 nitrogen and oxygen atoms in total. The molecule has 0 fully saturated rings. The number of nitrogens with two attached hydrogens (primary N) is 1. The summed E-state index contributed by atoms with van der Waals surface area (Å²) in [5.41, 5.74) is 7.03. The van der Waals surface area contributed by atoms with E-state index in [4.69, 9.17) is 10.7 Å². The lowest BCUT2D eigenvalue weighted by molar-refractivity contribution is 0.0992. The van der Waals surface area contributed by atoms with E-state index in [-0.39, 0.29) is 16.9 Å². The number of thioether (sulfide) groups is 1. The molecular formula is C25H25N5O4S. The Hall–Kier alpha value is -3.92. The molecule has 2 N–H and O–H groups in total. The minimum Gasteiger partial charge on any atom is -0.384 e. The van der Waals surface area contributed by atoms with E-state index in [1.54, 1.807) is 31.2 Å². The molecular weight excluding hydrogens is 466 g/mol. The number of para-hydroxylation sites is 2. The Labute approximate surface area is 204 Å². The summed E-state index contributed by atoms with van der Waals surface area (Å²) in [4.78, 5) is 56.6. The van der Waals surface area contributed by atoms with Crippen molar-refractivity contribution in [3.8, 4) is 5.69 Å². The summed E-state index contributed by atoms with van der Waals surface area (Å²) < 4.78 is 3.43. The summed E-state index contributed by atoms with van der Waals surface area (Å²) in [6.45, 7) is 5.43. The van der Waals surface area contributed by atoms with Crippen molar-refractivity contribution in [1.29, 1.82) is 0 Å². The zero-order valence-corrected chi connectivity index (χ0v) is 20.8. The van der Waals surface area contributed by atoms with Crippen molar-refractivity contribution in [2.75, 3.05) is 5.73 Å². The minimum atomic E-state index is -0.828. The van der Waals surface area contributed by atoms with E-state index in [1.165, 1.54) is 18.7 Å². The predicted molar refractivity (Wildman–Crippen MR) is 138 cm³/mol. The maximum absolute atomic E-state index is 13.6. The zero-order chi connectivity index (χ0) is 25.6. The number of ketones is 1. The van der Waals surface area contributed by atoms with Gasteiger partial charge < -0.3 is 5.73 Å². The normalized spacial score (nSPS) is 12.1. The summed E-state index contributed by atoms with van der Waals surface area (Å²) in [7, 11) is 2.69. The van der Waals surface area contributed by atoms with Crippen LogP contribution in [0.4, 0.5) is 5.82 Å². The van der Waals surface area contributed by atoms with Crippen LogP contribution in [0.25, 0.3) is 16.6 Å². The fourth-order valence-electron chi connectivity index (χ4n) is 4.05. The van der Waals surface area contributed by atoms with Crippen LogP contribution in [0.15, 0.2) is 62.0 Å². The maximum Gasteiger partial charge on any atom is 0.332 e. The van der Waals surface area contributed by atoms with Crippen LogP contribution in [-0.4, -0.2) is 29.7 Å². The Kier molecular flexibility index (Phi) is 6.25. The molecule has 10 heteroatoms. The molecule has 4 aromatic rings. The molecule has 35 heavy (non-hydrogen) atoms. The zero-order valence-electron chi connectivity index (χ0n) is 20.0. The van der Waals surface area contributed by atoms with Gasteiger partial charge in [-0.1, -0.05) is 42.1 Å². The predicted octanol–water partition coefficient (Wildman–Crippen LogP) is 2.35. The van der Waals surface area contributed by atoms with Crippen LogP contribution in [0.2, 0.25) is 0 Å². The van der Waals surface area contributed by atoms with Gasteiger partial charge in [-0.3, -0.25) is 28.1 Å². The van der Waals surface area contributed by atoms with Gasteiger partial charge >= 0.3 is 5.69 Å². The first-order chi connectivity index (χ1) is 16.5. The van der Waals surface area contributed by atoms with Crippen LogP contribution in [-0.2, 0) is 14.1 Å². The van der Waals surface area contributed by atoms with Crippen molar-refractivity contribution in [2.24, 2.45) is 14.1 Å². The number of nitrogens with zero attached hydrogens (tertiary/aromatic N) is 4. The van der Waals surface area contributed by atoms with Crippen molar-refractivity contribution in [3.63, 3.8) is 0 Å². The third kappa shape index (κ3) is 3.99. The number of rotatable bonds is 5. The van der Waals surface area contributed by atoms with Crippen molar-refractivity contribution in [2.45, 2.75) is 31.2 Å². The number of benzene rings is 2. The van der Waals surface area contributed by atoms with Gasteiger partial charge in [0.1, 0.15) is 11.4 Å². The third-order valence-corrected chi connectivity index (χ3v) is 7.07. The molecule has 0 radical (unpaired) electrons. The largest absolute Gasteiger partial charge is 0.384 e. The Morgan fingerprint density at radius 3 is 2.23 bits per heavy atom. The van der Waals surface area contributed by atoms with E-state index in [0.29, 0.717) is 21.7 Å². The Morgan fingerprint density at radius 2 is 1.57 bits per heavy atom. The number of hydrogen-bond donors (Lipinski definition) is 1. The topological polar surface area (TPSA) is 122 Å². The number of anilines is 1. The van der Waals surface area contributed by atoms with Crippen LogP contribution in [0.1, 0.15) is 28.4 Å². The highest BCUT2D eigenvalue weighted by atomic mass is 32.2. The number of hydrogen-bond acceptors (Lipinski definition) is 7. The number of Topliss-reactive ketones (excluding diaryl/α,β-unsaturated/α-hetero) is 1. The van der Waals surface area contributed by atoms with Gasteiger partial charge in [0.05, 0.1) is 21.8 Å². The van der Waals surface area contributed by atoms with Gasteiger partial charge in [-0.15, -0.1) is 0 Å². The Morgan fingerprint density at radius 1 is 0.943 bits per heavy atom. The van der Waals surface area contributed by atoms with E-state index < -0.39 is 22.3 Å². The van der Waals surface area contributed by atoms with Gasteiger partial charge in [-0.05, 0) is 44.0 Å². The molecule has 0 aliphatic rings. The van der Waals surface area contributed by atoms with E-state index in [0.717, 1.165) is 32.0 Å². The van der Waals surface area contributed by atoms with Crippen LogP contribution < -0.4 is 22.5 Å². The third-order valence-electron chi connectivity index (χ3n) is 6.02. The molecule has 2 aromatic heterocycles. The van der Waals surface area contributed by atoms with Crippen LogP contribution in [0.5, 0.6) is 0 Å². The molecule has 0 aliphatic heterocycles. The SMILES string of the molecule is Cc1cccc(C)c1-n1c(S[C@H](C)C(=O)c2c(N)n(C)c(=O)n(C)c2=O)nc2ccccc2c1=O. The molecule has 0 spiro atoms. The van der Waals surface area contributed by atoms with Crippen molar-refractivity contribution in [3.05, 3.63) is 90.3 Å². The molecule has 0 saturated carbocycles. The number of carbonyl (C=O) groups is 1. The fraction of sp³-hybridized carbons (Fsp3) is 0.240. The van der Waals surface area contributed by atoms with E-state index in [1.807, 2.05) is 32.0 Å². The highest BCUT2D eigenvalue weighted by Gasteiger charge is 2.27. The number of nitrogen functional groups attached to an aromatic ring is 1. The van der Waals surface area contributed by atoms with Crippen molar-refractivity contribution < 1.29 is 4.79 Å². The summed E-state index contributed by atoms with van der Waals surface area (Å²) in [5, 5.41) is -0.0621. The van der Waals surface area contributed by atoms with E-state index in [9.17, 15) is 19.2 Å². The Bertz CT molecular complexity index is 1660. The average Bonchev–Trinajstić information content (AvgIpc) is 2.83. The van der Waals surface area contributed by atoms with E-state index >= 15 is 0 Å². The van der Waals surface area contributed by atoms with Gasteiger partial charge in [0, 0.05) is 14.1 Å². The van der Waals surface area contributed by atoms with Crippen LogP contribution in [0.3, 0.4) is 0 Å². The van der Waals surface area contributed by atoms with Gasteiger partial charge in [0.2, 0.25) is 0 Å². The highest BCUT2D eigenvalue weighted by Crippen LogP contribution is 2.29. The van der Waals surface area contributed by atoms with Crippen molar-refractivity contribution >= 4 is 34.3 Å². The molecule has 2 heterocycles. The standard InChI is InChI=1S/C25H25N5O4S/c1-13-9-8-10-14(2)19(13)30-22(32)16-11-6-7-12-17(16)27-24(30)35-15(3)20(31)18-21(26)28(4)25(34)29(5)23(18)33/h6-12,15H,26H2,1-5H3/t15-/m1/s1. The lowest BCUT2D eigenvalue weighted by Crippen LogP contribution is -2.42. The maximum atomic E-state index is 13.6. The van der Waals surface area contributed by atoms with Crippen LogP contribution >= 0.6 is 11.8 Å². The van der Waals surface area contributed by atoms with Gasteiger partial charge in [-0.2, -0.15) is 0 Å². The molecule has 180 valence electrons. The molecule has 2 aromatic carbocycles. The highest BCUT2D eigenvalue weighted by molar-refractivity contribution is 8.00. The molecule has 0 saturated heterocycles. The first-order valence-electron chi connectivity index (χ1n) is 10.9. The smallest absolute Gasteiger partial charge is 0.332 e. The summed E-state index contributed by atoms with van der Waals surface area (Å²) >= 11 is 1.06. The lowest BCUT2D eigenvalue weighted by Gasteiger charge is -2.19. The van der Waals surface area contributed by atoms with Gasteiger partial charge in [0.15, 0.2) is 10.9 Å². The summed E-state index contributed by atoms with van der Waals surface area (Å²) in [5.74, 6) is -0.756. The van der Waals surface area contributed by atoms with Crippen molar-refractivity contribution in [1.82, 2.24) is 18.7 Å². The monoisotopic (exact) mass is 491 g/mol.